The summed E-state index contributed by atoms with van der Waals surface area (Å²) in [6, 6.07) is 11.5. The van der Waals surface area contributed by atoms with Gasteiger partial charge in [0.2, 0.25) is 11.7 Å². The number of phenols is 1. The summed E-state index contributed by atoms with van der Waals surface area (Å²) in [7, 11) is 0. The molecule has 1 aliphatic carbocycles. The normalized spacial score (nSPS) is 13.7. The summed E-state index contributed by atoms with van der Waals surface area (Å²) in [5.74, 6) is -9.10. The summed E-state index contributed by atoms with van der Waals surface area (Å²) < 4.78 is 70.8. The van der Waals surface area contributed by atoms with Crippen LogP contribution in [0.4, 0.5) is 27.6 Å². The van der Waals surface area contributed by atoms with Crippen LogP contribution >= 0.6 is 11.9 Å². The largest absolute Gasteiger partial charge is 0.507 e. The number of nitrogens with one attached hydrogen (secondary N) is 1. The van der Waals surface area contributed by atoms with Crippen LogP contribution in [0.3, 0.4) is 0 Å². The van der Waals surface area contributed by atoms with Crippen molar-refractivity contribution in [3.8, 4) is 5.75 Å². The van der Waals surface area contributed by atoms with Crippen molar-refractivity contribution in [2.24, 2.45) is 0 Å². The summed E-state index contributed by atoms with van der Waals surface area (Å²) in [6.45, 7) is -0.578. The molecule has 0 heterocycles. The van der Waals surface area contributed by atoms with Gasteiger partial charge >= 0.3 is 5.97 Å². The first-order chi connectivity index (χ1) is 19.6. The molecule has 1 aliphatic rings. The third kappa shape index (κ3) is 6.80. The van der Waals surface area contributed by atoms with Gasteiger partial charge in [0.25, 0.3) is 0 Å². The third-order valence-corrected chi connectivity index (χ3v) is 7.76. The molecule has 0 aliphatic heterocycles. The Balaban J connectivity index is 1.55. The molecule has 0 aromatic heterocycles. The molecule has 3 aromatic carbocycles. The molecule has 7 nitrogen and oxygen atoms in total. The number of hydrogen-bond donors (Lipinski definition) is 3. The van der Waals surface area contributed by atoms with Crippen LogP contribution in [0.1, 0.15) is 59.5 Å². The molecular weight excluding hydrogens is 569 g/mol. The monoisotopic (exact) mass is 596 g/mol. The van der Waals surface area contributed by atoms with Gasteiger partial charge in [0.05, 0.1) is 13.1 Å². The molecule has 3 aromatic rings. The minimum atomic E-state index is -2.29. The molecule has 218 valence electrons. The quantitative estimate of drug-likeness (QED) is 0.102. The average molecular weight is 597 g/mol. The second kappa shape index (κ2) is 13.3. The minimum absolute atomic E-state index is 0.0111. The fourth-order valence-corrected chi connectivity index (χ4v) is 5.41. The van der Waals surface area contributed by atoms with Gasteiger partial charge in [0, 0.05) is 11.8 Å². The van der Waals surface area contributed by atoms with Crippen LogP contribution in [0.15, 0.2) is 47.4 Å². The third-order valence-electron chi connectivity index (χ3n) is 6.91. The number of phenolic OH excluding ortho intramolecular Hbond substituents is 1. The van der Waals surface area contributed by atoms with E-state index in [2.05, 4.69) is 15.5 Å². The lowest BCUT2D eigenvalue weighted by Crippen LogP contribution is -2.51. The van der Waals surface area contributed by atoms with E-state index in [9.17, 15) is 36.6 Å². The van der Waals surface area contributed by atoms with Crippen molar-refractivity contribution in [3.05, 3.63) is 88.2 Å². The number of amides is 1. The van der Waals surface area contributed by atoms with Crippen LogP contribution in [0, 0.1) is 29.1 Å². The predicted molar refractivity (Wildman–Crippen MR) is 140 cm³/mol. The number of halogens is 5. The fraction of sp³-hybridized carbons (Fsp3) is 0.286. The molecule has 0 unspecified atom stereocenters. The van der Waals surface area contributed by atoms with Crippen LogP contribution in [0.25, 0.3) is 0 Å². The van der Waals surface area contributed by atoms with E-state index >= 15 is 0 Å². The first-order valence-electron chi connectivity index (χ1n) is 12.7. The lowest BCUT2D eigenvalue weighted by Gasteiger charge is -2.25. The molecule has 0 atom stereocenters. The number of nitrogens with zero attached hydrogens (tertiary/aromatic N) is 1. The van der Waals surface area contributed by atoms with E-state index in [1.807, 2.05) is 24.3 Å². The van der Waals surface area contributed by atoms with E-state index in [1.165, 1.54) is 41.9 Å². The molecule has 41 heavy (non-hydrogen) atoms. The number of carbonyl (C=O) groups is 2. The van der Waals surface area contributed by atoms with Crippen molar-refractivity contribution in [2.45, 2.75) is 49.5 Å². The van der Waals surface area contributed by atoms with Crippen molar-refractivity contribution in [2.75, 3.05) is 11.4 Å². The Morgan fingerprint density at radius 2 is 1.54 bits per heavy atom. The van der Waals surface area contributed by atoms with Gasteiger partial charge in [0.15, 0.2) is 23.3 Å². The molecule has 0 bridgehead atoms. The lowest BCUT2D eigenvalue weighted by molar-refractivity contribution is -0.653. The zero-order chi connectivity index (χ0) is 29.7. The smallest absolute Gasteiger partial charge is 0.400 e. The van der Waals surface area contributed by atoms with E-state index in [-0.39, 0.29) is 29.7 Å². The second-order valence-corrected chi connectivity index (χ2v) is 10.4. The Morgan fingerprint density at radius 3 is 2.12 bits per heavy atom. The second-order valence-electron chi connectivity index (χ2n) is 9.51. The summed E-state index contributed by atoms with van der Waals surface area (Å²) in [5, 5.41) is 10.4. The number of quaternary nitrogens is 1. The van der Waals surface area contributed by atoms with E-state index in [0.29, 0.717) is 5.92 Å². The van der Waals surface area contributed by atoms with Gasteiger partial charge in [-0.15, -0.1) is 0 Å². The molecule has 1 amide bonds. The Labute approximate surface area is 236 Å². The van der Waals surface area contributed by atoms with Gasteiger partial charge in [-0.05, 0) is 54.0 Å². The van der Waals surface area contributed by atoms with Crippen molar-refractivity contribution in [1.29, 1.82) is 0 Å². The van der Waals surface area contributed by atoms with Crippen molar-refractivity contribution in [1.82, 2.24) is 4.72 Å². The van der Waals surface area contributed by atoms with Crippen molar-refractivity contribution in [3.63, 3.8) is 0 Å². The highest BCUT2D eigenvalue weighted by atomic mass is 32.2. The zero-order valence-electron chi connectivity index (χ0n) is 21.7. The van der Waals surface area contributed by atoms with E-state index in [0.717, 1.165) is 24.5 Å². The number of carbonyl (C=O) groups excluding carboxylic acids is 2. The van der Waals surface area contributed by atoms with Gasteiger partial charge in [-0.25, -0.2) is 26.7 Å². The average Bonchev–Trinajstić information content (AvgIpc) is 2.99. The molecular formula is C28H27F5N3O4S+. The number of anilines is 1. The molecule has 13 heteroatoms. The molecule has 0 saturated heterocycles. The van der Waals surface area contributed by atoms with Crippen LogP contribution in [-0.4, -0.2) is 23.5 Å². The molecule has 1 fully saturated rings. The molecule has 1 saturated carbocycles. The topological polar surface area (TPSA) is 107 Å². The number of benzene rings is 3. The van der Waals surface area contributed by atoms with Crippen molar-refractivity contribution < 1.29 is 47.4 Å². The van der Waals surface area contributed by atoms with Gasteiger partial charge < -0.3 is 10.0 Å². The Bertz CT molecular complexity index is 1410. The standard InChI is InChI=1S/C28H26F5N3O4S/c29-22-23(30)25(32)27(26(33)24(22)31)41-35-13-21(38)36(18-10-11-19(20(37)12-18)28(39)40-34)14-15-6-8-17(9-7-15)16-4-2-1-3-5-16/h6-12,16,35H,1-5,13-14H2,34H3/p+1. The SMILES string of the molecule is [NH3+]OC(=O)c1ccc(N(Cc2ccc(C3CCCCC3)cc2)C(=O)CNSc2c(F)c(F)c(F)c(F)c2F)cc1O. The van der Waals surface area contributed by atoms with Gasteiger partial charge in [0.1, 0.15) is 16.2 Å². The zero-order valence-corrected chi connectivity index (χ0v) is 22.5. The van der Waals surface area contributed by atoms with Crippen LogP contribution in [0.2, 0.25) is 0 Å². The summed E-state index contributed by atoms with van der Waals surface area (Å²) >= 11 is 0.0765. The predicted octanol–water partition coefficient (Wildman–Crippen LogP) is 5.28. The summed E-state index contributed by atoms with van der Waals surface area (Å²) in [4.78, 5) is 29.5. The van der Waals surface area contributed by atoms with Crippen LogP contribution < -0.4 is 15.5 Å². The highest BCUT2D eigenvalue weighted by molar-refractivity contribution is 7.97. The number of hydrogen-bond acceptors (Lipinski definition) is 6. The fourth-order valence-electron chi connectivity index (χ4n) is 4.72. The molecule has 5 N–H and O–H groups in total. The Morgan fingerprint density at radius 1 is 0.927 bits per heavy atom. The first-order valence-corrected chi connectivity index (χ1v) is 13.5. The maximum atomic E-state index is 14.0. The lowest BCUT2D eigenvalue weighted by atomic mass is 9.84. The first kappa shape index (κ1) is 30.3. The molecule has 0 spiro atoms. The van der Waals surface area contributed by atoms with Crippen molar-refractivity contribution >= 4 is 29.5 Å². The molecule has 4 rings (SSSR count). The Hall–Kier alpha value is -3.68. The van der Waals surface area contributed by atoms with E-state index < -0.39 is 58.2 Å². The maximum absolute atomic E-state index is 14.0. The molecule has 0 radical (unpaired) electrons. The minimum Gasteiger partial charge on any atom is -0.507 e. The summed E-state index contributed by atoms with van der Waals surface area (Å²) in [5.41, 5.74) is 1.91. The highest BCUT2D eigenvalue weighted by Gasteiger charge is 2.27. The van der Waals surface area contributed by atoms with Gasteiger partial charge in [-0.1, -0.05) is 43.5 Å². The summed E-state index contributed by atoms with van der Waals surface area (Å²) in [6.07, 6.45) is 5.79. The Kier molecular flexibility index (Phi) is 9.84. The van der Waals surface area contributed by atoms with Gasteiger partial charge in [-0.3, -0.25) is 14.4 Å². The maximum Gasteiger partial charge on any atom is 0.400 e. The highest BCUT2D eigenvalue weighted by Crippen LogP contribution is 2.33. The number of aromatic hydroxyl groups is 1. The number of rotatable bonds is 9. The van der Waals surface area contributed by atoms with Crippen LogP contribution in [0.5, 0.6) is 5.75 Å². The van der Waals surface area contributed by atoms with E-state index in [1.54, 1.807) is 0 Å². The van der Waals surface area contributed by atoms with E-state index in [4.69, 9.17) is 0 Å². The van der Waals surface area contributed by atoms with Gasteiger partial charge in [-0.2, -0.15) is 5.90 Å². The van der Waals surface area contributed by atoms with Crippen LogP contribution in [-0.2, 0) is 16.2 Å².